The zero-order valence-corrected chi connectivity index (χ0v) is 7.36. The van der Waals surface area contributed by atoms with Gasteiger partial charge in [-0.3, -0.25) is 0 Å². The number of hydrogen-bond donors (Lipinski definition) is 1. The Bertz CT molecular complexity index is 327. The number of epoxide rings is 1. The van der Waals surface area contributed by atoms with Gasteiger partial charge in [-0.25, -0.2) is 0 Å². The third-order valence-corrected chi connectivity index (χ3v) is 2.15. The highest BCUT2D eigenvalue weighted by atomic mass is 16.6. The smallest absolute Gasteiger partial charge is 0.121 e. The molecule has 1 atom stereocenters. The molecule has 1 aliphatic rings. The van der Waals surface area contributed by atoms with Crippen LogP contribution in [0, 0.1) is 0 Å². The van der Waals surface area contributed by atoms with Crippen molar-refractivity contribution >= 4 is 0 Å². The normalized spacial score (nSPS) is 19.8. The molecule has 2 heteroatoms. The molecule has 0 spiro atoms. The minimum Gasteiger partial charge on any atom is -0.508 e. The van der Waals surface area contributed by atoms with E-state index in [0.29, 0.717) is 5.75 Å². The number of benzene rings is 1. The molecule has 13 heavy (non-hydrogen) atoms. The van der Waals surface area contributed by atoms with Crippen LogP contribution in [0.5, 0.6) is 5.75 Å². The lowest BCUT2D eigenvalue weighted by Gasteiger charge is -2.03. The van der Waals surface area contributed by atoms with Gasteiger partial charge in [0.05, 0.1) is 6.61 Å². The van der Waals surface area contributed by atoms with Crippen LogP contribution < -0.4 is 0 Å². The monoisotopic (exact) mass is 176 g/mol. The molecule has 0 saturated carbocycles. The average Bonchev–Trinajstić information content (AvgIpc) is 2.92. The van der Waals surface area contributed by atoms with E-state index >= 15 is 0 Å². The number of aromatic hydroxyl groups is 1. The molecule has 0 radical (unpaired) electrons. The number of hydrogen-bond acceptors (Lipinski definition) is 2. The van der Waals surface area contributed by atoms with Crippen LogP contribution >= 0.6 is 0 Å². The highest BCUT2D eigenvalue weighted by Gasteiger charge is 2.27. The third-order valence-electron chi connectivity index (χ3n) is 2.15. The second kappa shape index (κ2) is 3.23. The van der Waals surface area contributed by atoms with Crippen molar-refractivity contribution in [2.75, 3.05) is 6.61 Å². The zero-order valence-electron chi connectivity index (χ0n) is 7.36. The molecular formula is C11H12O2. The van der Waals surface area contributed by atoms with E-state index in [1.165, 1.54) is 5.56 Å². The summed E-state index contributed by atoms with van der Waals surface area (Å²) < 4.78 is 5.12. The molecule has 1 aromatic rings. The first-order valence-corrected chi connectivity index (χ1v) is 4.35. The summed E-state index contributed by atoms with van der Waals surface area (Å²) in [5.74, 6) is 0.329. The molecule has 1 aliphatic heterocycles. The van der Waals surface area contributed by atoms with Gasteiger partial charge in [-0.1, -0.05) is 12.1 Å². The Morgan fingerprint density at radius 1 is 1.62 bits per heavy atom. The van der Waals surface area contributed by atoms with E-state index in [-0.39, 0.29) is 6.10 Å². The van der Waals surface area contributed by atoms with Gasteiger partial charge in [0, 0.05) is 5.56 Å². The molecule has 1 aromatic carbocycles. The van der Waals surface area contributed by atoms with Crippen molar-refractivity contribution in [1.29, 1.82) is 0 Å². The molecule has 0 bridgehead atoms. The summed E-state index contributed by atoms with van der Waals surface area (Å²) in [6.45, 7) is 4.40. The topological polar surface area (TPSA) is 32.8 Å². The second-order valence-electron chi connectivity index (χ2n) is 3.21. The lowest BCUT2D eigenvalue weighted by molar-refractivity contribution is 0.400. The van der Waals surface area contributed by atoms with Crippen molar-refractivity contribution in [1.82, 2.24) is 0 Å². The first kappa shape index (κ1) is 8.32. The fourth-order valence-corrected chi connectivity index (χ4v) is 1.38. The molecule has 1 unspecified atom stereocenters. The van der Waals surface area contributed by atoms with Gasteiger partial charge in [0.25, 0.3) is 0 Å². The third kappa shape index (κ3) is 1.73. The largest absolute Gasteiger partial charge is 0.508 e. The highest BCUT2D eigenvalue weighted by molar-refractivity contribution is 5.39. The second-order valence-corrected chi connectivity index (χ2v) is 3.21. The minimum atomic E-state index is 0.116. The summed E-state index contributed by atoms with van der Waals surface area (Å²) in [5, 5.41) is 9.51. The van der Waals surface area contributed by atoms with Gasteiger partial charge in [0.2, 0.25) is 0 Å². The number of phenols is 1. The Hall–Kier alpha value is -1.28. The van der Waals surface area contributed by atoms with Crippen molar-refractivity contribution in [2.24, 2.45) is 0 Å². The summed E-state index contributed by atoms with van der Waals surface area (Å²) in [5.41, 5.74) is 2.07. The van der Waals surface area contributed by atoms with Crippen LogP contribution in [-0.2, 0) is 11.2 Å². The maximum Gasteiger partial charge on any atom is 0.121 e. The SMILES string of the molecule is C=CCc1ccc(O)c(C2CO2)c1. The Morgan fingerprint density at radius 3 is 3.00 bits per heavy atom. The molecule has 1 fully saturated rings. The number of rotatable bonds is 3. The molecule has 68 valence electrons. The summed E-state index contributed by atoms with van der Waals surface area (Å²) in [4.78, 5) is 0. The van der Waals surface area contributed by atoms with Crippen molar-refractivity contribution in [3.8, 4) is 5.75 Å². The zero-order chi connectivity index (χ0) is 9.26. The summed E-state index contributed by atoms with van der Waals surface area (Å²) >= 11 is 0. The maximum atomic E-state index is 9.51. The van der Waals surface area contributed by atoms with Crippen molar-refractivity contribution < 1.29 is 9.84 Å². The summed E-state index contributed by atoms with van der Waals surface area (Å²) in [6.07, 6.45) is 2.80. The Balaban J connectivity index is 2.30. The molecule has 0 aromatic heterocycles. The predicted molar refractivity (Wildman–Crippen MR) is 50.7 cm³/mol. The van der Waals surface area contributed by atoms with Crippen LogP contribution in [-0.4, -0.2) is 11.7 Å². The van der Waals surface area contributed by atoms with E-state index in [0.717, 1.165) is 18.6 Å². The first-order chi connectivity index (χ1) is 6.31. The molecule has 0 aliphatic carbocycles. The van der Waals surface area contributed by atoms with Crippen LogP contribution in [0.15, 0.2) is 30.9 Å². The van der Waals surface area contributed by atoms with Gasteiger partial charge in [0.1, 0.15) is 11.9 Å². The lowest BCUT2D eigenvalue weighted by atomic mass is 10.1. The number of allylic oxidation sites excluding steroid dienone is 1. The van der Waals surface area contributed by atoms with Crippen LogP contribution in [0.25, 0.3) is 0 Å². The van der Waals surface area contributed by atoms with Gasteiger partial charge >= 0.3 is 0 Å². The average molecular weight is 176 g/mol. The van der Waals surface area contributed by atoms with E-state index < -0.39 is 0 Å². The molecule has 2 nitrogen and oxygen atoms in total. The molecule has 2 rings (SSSR count). The van der Waals surface area contributed by atoms with Gasteiger partial charge in [-0.2, -0.15) is 0 Å². The van der Waals surface area contributed by atoms with Crippen LogP contribution in [0.2, 0.25) is 0 Å². The fraction of sp³-hybridized carbons (Fsp3) is 0.273. The molecule has 0 amide bonds. The fourth-order valence-electron chi connectivity index (χ4n) is 1.38. The maximum absolute atomic E-state index is 9.51. The predicted octanol–water partition coefficient (Wildman–Crippen LogP) is 2.19. The van der Waals surface area contributed by atoms with E-state index in [4.69, 9.17) is 4.74 Å². The molecule has 1 saturated heterocycles. The highest BCUT2D eigenvalue weighted by Crippen LogP contribution is 2.36. The quantitative estimate of drug-likeness (QED) is 0.565. The van der Waals surface area contributed by atoms with Crippen molar-refractivity contribution in [2.45, 2.75) is 12.5 Å². The lowest BCUT2D eigenvalue weighted by Crippen LogP contribution is -1.86. The Morgan fingerprint density at radius 2 is 2.38 bits per heavy atom. The van der Waals surface area contributed by atoms with Crippen molar-refractivity contribution in [3.63, 3.8) is 0 Å². The minimum absolute atomic E-state index is 0.116. The first-order valence-electron chi connectivity index (χ1n) is 4.35. The Kier molecular flexibility index (Phi) is 2.07. The van der Waals surface area contributed by atoms with E-state index in [2.05, 4.69) is 6.58 Å². The van der Waals surface area contributed by atoms with E-state index in [1.807, 2.05) is 18.2 Å². The summed E-state index contributed by atoms with van der Waals surface area (Å²) in [6, 6.07) is 5.60. The standard InChI is InChI=1S/C11H12O2/c1-2-3-8-4-5-10(12)9(6-8)11-7-13-11/h2,4-6,11-12H,1,3,7H2. The van der Waals surface area contributed by atoms with Crippen LogP contribution in [0.1, 0.15) is 17.2 Å². The summed E-state index contributed by atoms with van der Waals surface area (Å²) in [7, 11) is 0. The van der Waals surface area contributed by atoms with Crippen LogP contribution in [0.4, 0.5) is 0 Å². The van der Waals surface area contributed by atoms with Gasteiger partial charge in [0.15, 0.2) is 0 Å². The number of phenolic OH excluding ortho intramolecular Hbond substituents is 1. The van der Waals surface area contributed by atoms with Crippen molar-refractivity contribution in [3.05, 3.63) is 42.0 Å². The molecule has 1 N–H and O–H groups in total. The Labute approximate surface area is 77.5 Å². The van der Waals surface area contributed by atoms with E-state index in [1.54, 1.807) is 6.07 Å². The molecular weight excluding hydrogens is 164 g/mol. The van der Waals surface area contributed by atoms with Gasteiger partial charge < -0.3 is 9.84 Å². The van der Waals surface area contributed by atoms with E-state index in [9.17, 15) is 5.11 Å². The molecule has 1 heterocycles. The van der Waals surface area contributed by atoms with Crippen LogP contribution in [0.3, 0.4) is 0 Å². The number of ether oxygens (including phenoxy) is 1. The van der Waals surface area contributed by atoms with Gasteiger partial charge in [-0.05, 0) is 24.1 Å². The van der Waals surface area contributed by atoms with Gasteiger partial charge in [-0.15, -0.1) is 6.58 Å².